The first-order valence-corrected chi connectivity index (χ1v) is 57.2. The van der Waals surface area contributed by atoms with E-state index in [1.54, 1.807) is 18.2 Å². The van der Waals surface area contributed by atoms with Crippen LogP contribution in [0.2, 0.25) is 0 Å². The van der Waals surface area contributed by atoms with E-state index in [-0.39, 0.29) is 13.2 Å². The number of allylic oxidation sites excluding steroid dienone is 1. The summed E-state index contributed by atoms with van der Waals surface area (Å²) in [4.78, 5) is 4.88. The van der Waals surface area contributed by atoms with Gasteiger partial charge in [0.25, 0.3) is 0 Å². The zero-order chi connectivity index (χ0) is 94.4. The van der Waals surface area contributed by atoms with Gasteiger partial charge in [-0.05, 0) is 290 Å². The quantitative estimate of drug-likeness (QED) is 0.0161. The highest BCUT2D eigenvalue weighted by atomic mass is 32.2. The van der Waals surface area contributed by atoms with Crippen LogP contribution in [0.5, 0.6) is 34.5 Å². The molecular weight excluding hydrogens is 1710 g/mol. The molecule has 7 aromatic carbocycles. The number of hydrogen-bond donors (Lipinski definition) is 2. The number of anilines is 2. The molecule has 0 heterocycles. The topological polar surface area (TPSA) is 160 Å². The fourth-order valence-electron chi connectivity index (χ4n) is 19.2. The lowest BCUT2D eigenvalue weighted by Crippen LogP contribution is -2.18. The van der Waals surface area contributed by atoms with Crippen molar-refractivity contribution in [1.82, 2.24) is 0 Å². The third-order valence-corrected chi connectivity index (χ3v) is 31.8. The maximum Gasteiger partial charge on any atom is 0.178 e. The molecule has 1 atom stereocenters. The molecule has 7 aliphatic rings. The lowest BCUT2D eigenvalue weighted by molar-refractivity contribution is 0.208. The van der Waals surface area contributed by atoms with Crippen molar-refractivity contribution in [3.8, 4) is 34.5 Å². The molecule has 0 aromatic heterocycles. The van der Waals surface area contributed by atoms with Crippen LogP contribution in [0.4, 0.5) is 11.4 Å². The smallest absolute Gasteiger partial charge is 0.178 e. The van der Waals surface area contributed by atoms with Crippen molar-refractivity contribution in [2.75, 3.05) is 87.3 Å². The maximum atomic E-state index is 12.0. The second kappa shape index (κ2) is 69.4. The summed E-state index contributed by atoms with van der Waals surface area (Å²) in [7, 11) is -1.90. The SMILES string of the molecule is C.C=C(CCC)c1cccc(CCC2CCCCC2)c1.CCCC(=NN)c1cccc(OCC2CCCCC2)c1.CCCN(C)c1cccc(OCC2CCCCC2)c1.CCCNc1cccc(OCC2CCCCC2)c1.CCCS(=O)(=O)c1cccc(OCC2CCCCC2)c1.CCCS(=O)c1cccc(OCC2CCCCC2)c1.CCCSc1cccc(OCC2CCCCC2)c1. The van der Waals surface area contributed by atoms with Gasteiger partial charge in [0.1, 0.15) is 34.5 Å². The van der Waals surface area contributed by atoms with Gasteiger partial charge in [0.15, 0.2) is 9.84 Å². The molecule has 7 fully saturated rings. The third kappa shape index (κ3) is 46.8. The molecule has 0 amide bonds. The number of benzene rings is 7. The van der Waals surface area contributed by atoms with Crippen LogP contribution in [0, 0.1) is 41.4 Å². The van der Waals surface area contributed by atoms with E-state index in [9.17, 15) is 12.6 Å². The number of ether oxygens (including phenoxy) is 6. The number of aryl methyl sites for hydroxylation is 1. The Morgan fingerprint density at radius 1 is 0.425 bits per heavy atom. The van der Waals surface area contributed by atoms with Gasteiger partial charge in [-0.15, -0.1) is 11.8 Å². The minimum absolute atomic E-state index is 0. The molecule has 0 saturated heterocycles. The second-order valence-electron chi connectivity index (χ2n) is 38.9. The summed E-state index contributed by atoms with van der Waals surface area (Å²) in [5.41, 5.74) is 8.59. The van der Waals surface area contributed by atoms with Gasteiger partial charge in [-0.3, -0.25) is 4.21 Å². The van der Waals surface area contributed by atoms with E-state index in [1.165, 1.54) is 290 Å². The lowest BCUT2D eigenvalue weighted by Gasteiger charge is -2.23. The summed E-state index contributed by atoms with van der Waals surface area (Å²) in [6.07, 6.45) is 59.6. The Labute approximate surface area is 823 Å². The standard InChI is InChI=1S/C19H28.C17H26N2O.C17H27NO.C16H25NO.C16H24O3S.C16H24O2S.C16H24OS.CH4/c1-3-8-16(2)19-12-7-11-18(15-19)14-13-17-9-5-4-6-10-17;1-2-7-17(19-18)15-10-6-11-16(12-15)20-13-14-8-4-3-5-9-14;1-3-12-18(2)16-10-7-11-17(13-16)19-14-15-8-5-4-6-9-15;1-2-11-17-15-9-6-10-16(12-15)18-13-14-7-4-3-5-8-14;1-2-11-20(17,18)16-10-6-9-15(12-16)19-13-14-7-4-3-5-8-14;1-2-11-19(17)16-10-6-9-15(12-16)18-13-14-7-4-3-5-8-14;1-2-11-18-16-10-6-9-15(12-16)17-13-14-7-4-3-5-8-14;/h7,11-12,15,17H,2-6,8-10,13-14H2,1H3;6,10-12,14H,2-5,7-9,13,18H2,1H3;7,10-11,13,15H,3-6,8-9,12,14H2,1-2H3;6,9-10,12,14,17H,2-5,7-8,11,13H2,1H3;6,9-10,12,14H,2-5,7-8,11,13H2,1H3;6,9-10,12,14H,2-5,7-8,11,13H2,1H3;6,9-10,12,14H,2-5,7-8,11,13H2,1H3;1H4. The van der Waals surface area contributed by atoms with Crippen LogP contribution in [0.15, 0.2) is 196 Å². The van der Waals surface area contributed by atoms with Gasteiger partial charge in [-0.2, -0.15) is 5.10 Å². The molecule has 0 aliphatic heterocycles. The van der Waals surface area contributed by atoms with Crippen molar-refractivity contribution >= 4 is 55.1 Å². The van der Waals surface area contributed by atoms with Crippen molar-refractivity contribution in [3.63, 3.8) is 0 Å². The molecule has 134 heavy (non-hydrogen) atoms. The molecule has 13 nitrogen and oxygen atoms in total. The predicted octanol–water partition coefficient (Wildman–Crippen LogP) is 32.9. The largest absolute Gasteiger partial charge is 0.493 e. The normalized spacial score (nSPS) is 16.8. The Morgan fingerprint density at radius 3 is 1.29 bits per heavy atom. The summed E-state index contributed by atoms with van der Waals surface area (Å²) in [5, 5.41) is 7.29. The van der Waals surface area contributed by atoms with Gasteiger partial charge in [0.2, 0.25) is 0 Å². The average molecular weight is 1900 g/mol. The highest BCUT2D eigenvalue weighted by Gasteiger charge is 2.23. The Bertz CT molecular complexity index is 4230. The van der Waals surface area contributed by atoms with E-state index in [0.29, 0.717) is 35.5 Å². The Morgan fingerprint density at radius 2 is 0.836 bits per heavy atom. The van der Waals surface area contributed by atoms with Crippen LogP contribution in [0.3, 0.4) is 0 Å². The minimum atomic E-state index is -3.16. The number of hydrazone groups is 1. The first-order valence-electron chi connectivity index (χ1n) is 53.2. The van der Waals surface area contributed by atoms with Crippen LogP contribution in [0.25, 0.3) is 5.57 Å². The van der Waals surface area contributed by atoms with Gasteiger partial charge in [-0.25, -0.2) is 8.42 Å². The zero-order valence-electron chi connectivity index (χ0n) is 84.1. The number of hydrogen-bond acceptors (Lipinski definition) is 14. The van der Waals surface area contributed by atoms with Crippen LogP contribution >= 0.6 is 11.8 Å². The monoisotopic (exact) mass is 1900 g/mol. The summed E-state index contributed by atoms with van der Waals surface area (Å²) in [6, 6.07) is 57.3. The Balaban J connectivity index is 0.000000213. The summed E-state index contributed by atoms with van der Waals surface area (Å²) < 4.78 is 71.5. The van der Waals surface area contributed by atoms with Crippen LogP contribution < -0.4 is 44.5 Å². The van der Waals surface area contributed by atoms with Gasteiger partial charge < -0.3 is 44.5 Å². The van der Waals surface area contributed by atoms with Gasteiger partial charge in [0, 0.05) is 64.8 Å². The number of nitrogens with one attached hydrogen (secondary N) is 1. The van der Waals surface area contributed by atoms with Crippen molar-refractivity contribution in [2.24, 2.45) is 52.4 Å². The van der Waals surface area contributed by atoms with E-state index in [4.69, 9.17) is 34.3 Å². The predicted molar refractivity (Wildman–Crippen MR) is 576 cm³/mol. The minimum Gasteiger partial charge on any atom is -0.493 e. The number of thioether (sulfide) groups is 1. The Hall–Kier alpha value is -7.40. The molecule has 0 radical (unpaired) electrons. The van der Waals surface area contributed by atoms with Gasteiger partial charge in [0.05, 0.1) is 66.8 Å². The molecule has 0 bridgehead atoms. The molecule has 7 aromatic rings. The van der Waals surface area contributed by atoms with Crippen molar-refractivity contribution in [3.05, 3.63) is 193 Å². The number of rotatable bonds is 42. The molecule has 1 unspecified atom stereocenters. The molecule has 14 rings (SSSR count). The van der Waals surface area contributed by atoms with Crippen LogP contribution in [-0.2, 0) is 27.1 Å². The van der Waals surface area contributed by atoms with E-state index >= 15 is 0 Å². The van der Waals surface area contributed by atoms with E-state index < -0.39 is 20.6 Å². The van der Waals surface area contributed by atoms with Crippen molar-refractivity contribution in [2.45, 2.75) is 366 Å². The molecular formula is C118H182N4O9S3. The summed E-state index contributed by atoms with van der Waals surface area (Å²) in [5.74, 6) is 18.5. The van der Waals surface area contributed by atoms with Gasteiger partial charge >= 0.3 is 0 Å². The number of sulfone groups is 1. The molecule has 0 spiro atoms. The van der Waals surface area contributed by atoms with Crippen molar-refractivity contribution in [1.29, 1.82) is 0 Å². The highest BCUT2D eigenvalue weighted by molar-refractivity contribution is 7.99. The first kappa shape index (κ1) is 114. The average Bonchev–Trinajstić information content (AvgIpc) is 0.834. The van der Waals surface area contributed by atoms with Gasteiger partial charge in [-0.1, -0.05) is 290 Å². The summed E-state index contributed by atoms with van der Waals surface area (Å²) >= 11 is 1.92. The molecule has 16 heteroatoms. The summed E-state index contributed by atoms with van der Waals surface area (Å²) in [6.45, 7) is 26.2. The van der Waals surface area contributed by atoms with E-state index in [1.807, 2.05) is 61.2 Å². The second-order valence-corrected chi connectivity index (χ2v) is 43.7. The molecule has 7 saturated carbocycles. The zero-order valence-corrected chi connectivity index (χ0v) is 86.5. The maximum absolute atomic E-state index is 12.0. The first-order chi connectivity index (χ1) is 65.1. The fourth-order valence-corrected chi connectivity index (χ4v) is 22.5. The van der Waals surface area contributed by atoms with Crippen LogP contribution in [0.1, 0.15) is 362 Å². The number of nitrogens with zero attached hydrogens (tertiary/aromatic N) is 2. The highest BCUT2D eigenvalue weighted by Crippen LogP contribution is 2.35. The third-order valence-electron chi connectivity index (χ3n) is 27.1. The molecule has 746 valence electrons. The van der Waals surface area contributed by atoms with E-state index in [0.717, 1.165) is 164 Å². The molecule has 3 N–H and O–H groups in total. The fraction of sp³-hybridized carbons (Fsp3) is 0.619. The number of nitrogens with two attached hydrogens (primary N) is 1. The van der Waals surface area contributed by atoms with Crippen LogP contribution in [-0.4, -0.2) is 95.4 Å². The molecule has 7 aliphatic carbocycles. The lowest BCUT2D eigenvalue weighted by atomic mass is 9.85. The Kier molecular flexibility index (Phi) is 58.8. The van der Waals surface area contributed by atoms with Crippen molar-refractivity contribution < 1.29 is 41.0 Å². The van der Waals surface area contributed by atoms with E-state index in [2.05, 4.69) is 180 Å².